The van der Waals surface area contributed by atoms with Gasteiger partial charge in [0, 0.05) is 16.3 Å². The van der Waals surface area contributed by atoms with Crippen LogP contribution in [0.1, 0.15) is 10.4 Å². The van der Waals surface area contributed by atoms with Crippen molar-refractivity contribution in [2.45, 2.75) is 9.96 Å². The summed E-state index contributed by atoms with van der Waals surface area (Å²) in [5.74, 6) is -0.457. The van der Waals surface area contributed by atoms with E-state index in [1.165, 1.54) is 6.07 Å². The lowest BCUT2D eigenvalue weighted by atomic mass is 10.2. The van der Waals surface area contributed by atoms with Gasteiger partial charge in [0.15, 0.2) is 0 Å². The van der Waals surface area contributed by atoms with Crippen LogP contribution in [0.5, 0.6) is 0 Å². The molecule has 1 atom stereocenters. The molecule has 128 valence electrons. The first-order valence-corrected chi connectivity index (χ1v) is 8.78. The quantitative estimate of drug-likeness (QED) is 0.434. The molecule has 0 aliphatic rings. The van der Waals surface area contributed by atoms with Gasteiger partial charge in [-0.2, -0.15) is 0 Å². The van der Waals surface area contributed by atoms with E-state index < -0.39 is 15.9 Å². The van der Waals surface area contributed by atoms with Crippen LogP contribution in [0.2, 0.25) is 15.1 Å². The lowest BCUT2D eigenvalue weighted by molar-refractivity contribution is 0.0942. The molecule has 0 heterocycles. The fourth-order valence-corrected chi connectivity index (χ4v) is 2.61. The first-order chi connectivity index (χ1) is 11.2. The number of halogens is 6. The zero-order valence-electron chi connectivity index (χ0n) is 11.8. The Morgan fingerprint density at radius 2 is 1.67 bits per heavy atom. The second kappa shape index (κ2) is 8.22. The van der Waals surface area contributed by atoms with E-state index >= 15 is 0 Å². The Hall–Kier alpha value is -0.550. The highest BCUT2D eigenvalue weighted by atomic mass is 35.6. The summed E-state index contributed by atoms with van der Waals surface area (Å²) in [6.45, 7) is 0. The number of benzene rings is 2. The maximum Gasteiger partial charge on any atom is 0.253 e. The van der Waals surface area contributed by atoms with Gasteiger partial charge >= 0.3 is 0 Å². The minimum atomic E-state index is -1.82. The first-order valence-electron chi connectivity index (χ1n) is 6.51. The van der Waals surface area contributed by atoms with Crippen molar-refractivity contribution in [3.63, 3.8) is 0 Å². The second-order valence-corrected chi connectivity index (χ2v) is 8.35. The third-order valence-corrected chi connectivity index (χ3v) is 4.55. The molecule has 9 heteroatoms. The molecule has 2 aromatic rings. The number of hydrogen-bond acceptors (Lipinski definition) is 2. The van der Waals surface area contributed by atoms with Gasteiger partial charge in [0.1, 0.15) is 6.17 Å². The molecule has 0 spiro atoms. The van der Waals surface area contributed by atoms with Crippen LogP contribution in [-0.4, -0.2) is 15.9 Å². The van der Waals surface area contributed by atoms with Crippen molar-refractivity contribution in [2.24, 2.45) is 0 Å². The Morgan fingerprint density at radius 3 is 2.25 bits per heavy atom. The summed E-state index contributed by atoms with van der Waals surface area (Å²) in [5, 5.41) is 6.63. The molecule has 0 saturated heterocycles. The van der Waals surface area contributed by atoms with Gasteiger partial charge in [0.2, 0.25) is 3.79 Å². The zero-order chi connectivity index (χ0) is 17.9. The third kappa shape index (κ3) is 5.48. The molecule has 0 aromatic heterocycles. The number of carbonyl (C=O) groups excluding carboxylic acids is 1. The van der Waals surface area contributed by atoms with Crippen LogP contribution >= 0.6 is 69.6 Å². The van der Waals surface area contributed by atoms with Crippen molar-refractivity contribution < 1.29 is 4.79 Å². The minimum absolute atomic E-state index is 0.325. The summed E-state index contributed by atoms with van der Waals surface area (Å²) in [7, 11) is 0. The van der Waals surface area contributed by atoms with Gasteiger partial charge in [-0.05, 0) is 36.4 Å². The van der Waals surface area contributed by atoms with E-state index in [0.29, 0.717) is 26.3 Å². The molecule has 0 bridgehead atoms. The Labute approximate surface area is 169 Å². The van der Waals surface area contributed by atoms with E-state index in [1.54, 1.807) is 36.4 Å². The summed E-state index contributed by atoms with van der Waals surface area (Å²) in [6, 6.07) is 11.2. The van der Waals surface area contributed by atoms with Crippen LogP contribution in [0.25, 0.3) is 0 Å². The number of anilines is 1. The Balaban J connectivity index is 2.19. The van der Waals surface area contributed by atoms with Crippen molar-refractivity contribution in [2.75, 3.05) is 5.32 Å². The third-order valence-electron chi connectivity index (χ3n) is 2.92. The molecule has 1 unspecified atom stereocenters. The largest absolute Gasteiger partial charge is 0.362 e. The Kier molecular flexibility index (Phi) is 6.77. The predicted molar refractivity (Wildman–Crippen MR) is 103 cm³/mol. The molecule has 0 aliphatic heterocycles. The van der Waals surface area contributed by atoms with Crippen LogP contribution in [0.3, 0.4) is 0 Å². The van der Waals surface area contributed by atoms with E-state index in [1.807, 2.05) is 0 Å². The number of alkyl halides is 3. The maximum atomic E-state index is 12.3. The molecule has 0 saturated carbocycles. The Morgan fingerprint density at radius 1 is 0.958 bits per heavy atom. The normalized spacial score (nSPS) is 12.6. The van der Waals surface area contributed by atoms with Crippen LogP contribution in [-0.2, 0) is 0 Å². The monoisotopic (exact) mass is 444 g/mol. The van der Waals surface area contributed by atoms with Crippen LogP contribution in [0.15, 0.2) is 42.5 Å². The van der Waals surface area contributed by atoms with Crippen LogP contribution < -0.4 is 10.6 Å². The summed E-state index contributed by atoms with van der Waals surface area (Å²) in [5.41, 5.74) is 0.852. The molecular weight excluding hydrogens is 437 g/mol. The number of nitrogens with one attached hydrogen (secondary N) is 2. The van der Waals surface area contributed by atoms with Crippen molar-refractivity contribution in [1.29, 1.82) is 0 Å². The van der Waals surface area contributed by atoms with E-state index in [0.717, 1.165) is 0 Å². The SMILES string of the molecule is O=C(NC(Nc1ccc(Cl)c(Cl)c1)C(Cl)(Cl)Cl)c1cccc(Cl)c1. The van der Waals surface area contributed by atoms with Crippen molar-refractivity contribution in [1.82, 2.24) is 5.32 Å². The molecule has 2 rings (SSSR count). The van der Waals surface area contributed by atoms with Crippen molar-refractivity contribution in [3.8, 4) is 0 Å². The van der Waals surface area contributed by atoms with Crippen LogP contribution in [0.4, 0.5) is 5.69 Å². The topological polar surface area (TPSA) is 41.1 Å². The molecule has 24 heavy (non-hydrogen) atoms. The smallest absolute Gasteiger partial charge is 0.253 e. The van der Waals surface area contributed by atoms with Crippen LogP contribution in [0, 0.1) is 0 Å². The van der Waals surface area contributed by atoms with Gasteiger partial charge in [-0.3, -0.25) is 4.79 Å². The highest BCUT2D eigenvalue weighted by Gasteiger charge is 2.34. The summed E-state index contributed by atoms with van der Waals surface area (Å²) < 4.78 is -1.82. The number of carbonyl (C=O) groups is 1. The molecule has 3 nitrogen and oxygen atoms in total. The minimum Gasteiger partial charge on any atom is -0.362 e. The molecule has 2 N–H and O–H groups in total. The number of hydrogen-bond donors (Lipinski definition) is 2. The summed E-state index contributed by atoms with van der Waals surface area (Å²) in [6.07, 6.45) is -1.02. The predicted octanol–water partition coefficient (Wildman–Crippen LogP) is 6.19. The fourth-order valence-electron chi connectivity index (χ4n) is 1.80. The van der Waals surface area contributed by atoms with Gasteiger partial charge in [-0.1, -0.05) is 75.7 Å². The highest BCUT2D eigenvalue weighted by Crippen LogP contribution is 2.32. The highest BCUT2D eigenvalue weighted by molar-refractivity contribution is 6.68. The molecule has 2 aromatic carbocycles. The maximum absolute atomic E-state index is 12.3. The molecular formula is C15H10Cl6N2O. The van der Waals surface area contributed by atoms with Crippen molar-refractivity contribution >= 4 is 81.2 Å². The second-order valence-electron chi connectivity index (χ2n) is 4.73. The fraction of sp³-hybridized carbons (Fsp3) is 0.133. The van der Waals surface area contributed by atoms with Gasteiger partial charge < -0.3 is 10.6 Å². The lowest BCUT2D eigenvalue weighted by Crippen LogP contribution is -2.49. The van der Waals surface area contributed by atoms with E-state index in [4.69, 9.17) is 69.6 Å². The zero-order valence-corrected chi connectivity index (χ0v) is 16.3. The average molecular weight is 447 g/mol. The lowest BCUT2D eigenvalue weighted by Gasteiger charge is -2.27. The summed E-state index contributed by atoms with van der Waals surface area (Å²) >= 11 is 35.6. The molecule has 0 fully saturated rings. The number of amides is 1. The first kappa shape index (κ1) is 19.8. The van der Waals surface area contributed by atoms with E-state index in [9.17, 15) is 4.79 Å². The molecule has 1 amide bonds. The Bertz CT molecular complexity index is 747. The van der Waals surface area contributed by atoms with Gasteiger partial charge in [-0.25, -0.2) is 0 Å². The standard InChI is InChI=1S/C15H10Cl6N2O/c16-9-3-1-2-8(6-9)13(24)23-14(15(19,20)21)22-10-4-5-11(17)12(18)7-10/h1-7,14,22H,(H,23,24). The van der Waals surface area contributed by atoms with E-state index in [2.05, 4.69) is 10.6 Å². The van der Waals surface area contributed by atoms with Gasteiger partial charge in [0.05, 0.1) is 10.0 Å². The van der Waals surface area contributed by atoms with Crippen molar-refractivity contribution in [3.05, 3.63) is 63.1 Å². The summed E-state index contributed by atoms with van der Waals surface area (Å²) in [4.78, 5) is 12.3. The molecule has 0 radical (unpaired) electrons. The van der Waals surface area contributed by atoms with Gasteiger partial charge in [-0.15, -0.1) is 0 Å². The average Bonchev–Trinajstić information content (AvgIpc) is 2.49. The van der Waals surface area contributed by atoms with E-state index in [-0.39, 0.29) is 0 Å². The molecule has 0 aliphatic carbocycles. The number of rotatable bonds is 4. The van der Waals surface area contributed by atoms with Gasteiger partial charge in [0.25, 0.3) is 5.91 Å².